The molecule has 110 valence electrons. The molecule has 0 spiro atoms. The normalized spacial score (nSPS) is 17.3. The lowest BCUT2D eigenvalue weighted by Crippen LogP contribution is -2.17. The van der Waals surface area contributed by atoms with Crippen molar-refractivity contribution in [1.82, 2.24) is 0 Å². The number of hydrogen-bond acceptors (Lipinski definition) is 1. The van der Waals surface area contributed by atoms with Crippen LogP contribution in [-0.4, -0.2) is 6.61 Å². The second-order valence-corrected chi connectivity index (χ2v) is 6.02. The van der Waals surface area contributed by atoms with E-state index in [2.05, 4.69) is 40.2 Å². The van der Waals surface area contributed by atoms with Gasteiger partial charge in [0.15, 0.2) is 11.6 Å². The van der Waals surface area contributed by atoms with Crippen LogP contribution in [0, 0.1) is 5.82 Å². The van der Waals surface area contributed by atoms with Crippen LogP contribution in [0.2, 0.25) is 0 Å². The average Bonchev–Trinajstić information content (AvgIpc) is 2.53. The van der Waals surface area contributed by atoms with Gasteiger partial charge in [-0.3, -0.25) is 0 Å². The Balaban J connectivity index is 1.78. The smallest absolute Gasteiger partial charge is 0.165 e. The number of ether oxygens (including phenoxy) is 1. The molecule has 0 aromatic heterocycles. The summed E-state index contributed by atoms with van der Waals surface area (Å²) in [7, 11) is 0. The number of hydrogen-bond donors (Lipinski definition) is 0. The molecule has 0 saturated carbocycles. The van der Waals surface area contributed by atoms with Crippen molar-refractivity contribution >= 4 is 15.9 Å². The molecule has 0 bridgehead atoms. The number of alkyl halides is 1. The second kappa shape index (κ2) is 6.61. The van der Waals surface area contributed by atoms with Crippen molar-refractivity contribution in [2.24, 2.45) is 0 Å². The van der Waals surface area contributed by atoms with Gasteiger partial charge in [0.2, 0.25) is 0 Å². The van der Waals surface area contributed by atoms with Crippen LogP contribution in [0.4, 0.5) is 4.39 Å². The number of fused-ring (bicyclic) bond motifs is 1. The number of benzene rings is 2. The Labute approximate surface area is 133 Å². The average molecular weight is 349 g/mol. The van der Waals surface area contributed by atoms with Gasteiger partial charge in [0.05, 0.1) is 6.61 Å². The first-order valence-electron chi connectivity index (χ1n) is 7.33. The van der Waals surface area contributed by atoms with E-state index in [9.17, 15) is 4.39 Å². The van der Waals surface area contributed by atoms with Crippen molar-refractivity contribution in [2.75, 3.05) is 6.61 Å². The first kappa shape index (κ1) is 14.6. The molecule has 3 rings (SSSR count). The fourth-order valence-electron chi connectivity index (χ4n) is 3.03. The minimum Gasteiger partial charge on any atom is -0.490 e. The molecule has 0 radical (unpaired) electrons. The molecule has 1 unspecified atom stereocenters. The van der Waals surface area contributed by atoms with Gasteiger partial charge in [-0.15, -0.1) is 0 Å². The molecule has 0 fully saturated rings. The highest BCUT2D eigenvalue weighted by molar-refractivity contribution is 9.08. The van der Waals surface area contributed by atoms with Crippen LogP contribution in [0.15, 0.2) is 42.5 Å². The van der Waals surface area contributed by atoms with E-state index in [0.29, 0.717) is 23.6 Å². The Kier molecular flexibility index (Phi) is 4.59. The van der Waals surface area contributed by atoms with Gasteiger partial charge >= 0.3 is 0 Å². The summed E-state index contributed by atoms with van der Waals surface area (Å²) in [6.45, 7) is 0.540. The maximum atomic E-state index is 13.9. The van der Waals surface area contributed by atoms with E-state index in [-0.39, 0.29) is 5.82 Å². The van der Waals surface area contributed by atoms with Gasteiger partial charge in [-0.2, -0.15) is 0 Å². The summed E-state index contributed by atoms with van der Waals surface area (Å²) in [4.78, 5) is 0. The Morgan fingerprint density at radius 2 is 2.00 bits per heavy atom. The van der Waals surface area contributed by atoms with Crippen LogP contribution >= 0.6 is 15.9 Å². The predicted molar refractivity (Wildman–Crippen MR) is 86.6 cm³/mol. The SMILES string of the molecule is Fc1cccc(CBr)c1OCC1CCCc2ccccc21. The van der Waals surface area contributed by atoms with Crippen molar-refractivity contribution in [1.29, 1.82) is 0 Å². The quantitative estimate of drug-likeness (QED) is 0.688. The lowest BCUT2D eigenvalue weighted by molar-refractivity contribution is 0.261. The first-order chi connectivity index (χ1) is 10.3. The first-order valence-corrected chi connectivity index (χ1v) is 8.45. The van der Waals surface area contributed by atoms with Crippen molar-refractivity contribution < 1.29 is 9.13 Å². The largest absolute Gasteiger partial charge is 0.490 e. The van der Waals surface area contributed by atoms with E-state index in [1.54, 1.807) is 6.07 Å². The van der Waals surface area contributed by atoms with E-state index in [1.165, 1.54) is 23.6 Å². The van der Waals surface area contributed by atoms with E-state index >= 15 is 0 Å². The van der Waals surface area contributed by atoms with Crippen LogP contribution in [0.3, 0.4) is 0 Å². The van der Waals surface area contributed by atoms with E-state index < -0.39 is 0 Å². The lowest BCUT2D eigenvalue weighted by Gasteiger charge is -2.26. The molecule has 3 heteroatoms. The standard InChI is InChI=1S/C18H18BrFO/c19-11-14-7-4-10-17(20)18(14)21-12-15-8-3-6-13-5-1-2-9-16(13)15/h1-2,4-5,7,9-10,15H,3,6,8,11-12H2. The van der Waals surface area contributed by atoms with Crippen LogP contribution in [-0.2, 0) is 11.8 Å². The summed E-state index contributed by atoms with van der Waals surface area (Å²) in [5, 5.41) is 0.599. The molecule has 2 aromatic carbocycles. The van der Waals surface area contributed by atoms with Gasteiger partial charge in [0, 0.05) is 16.8 Å². The van der Waals surface area contributed by atoms with Gasteiger partial charge in [-0.05, 0) is 36.5 Å². The molecule has 0 saturated heterocycles. The Hall–Kier alpha value is -1.35. The van der Waals surface area contributed by atoms with Gasteiger partial charge in [0.25, 0.3) is 0 Å². The highest BCUT2D eigenvalue weighted by atomic mass is 79.9. The summed E-state index contributed by atoms with van der Waals surface area (Å²) in [5.41, 5.74) is 3.63. The maximum Gasteiger partial charge on any atom is 0.165 e. The van der Waals surface area contributed by atoms with Crippen LogP contribution in [0.1, 0.15) is 35.4 Å². The van der Waals surface area contributed by atoms with Gasteiger partial charge < -0.3 is 4.74 Å². The van der Waals surface area contributed by atoms with Crippen LogP contribution < -0.4 is 4.74 Å². The third kappa shape index (κ3) is 3.13. The molecule has 1 atom stereocenters. The fourth-order valence-corrected chi connectivity index (χ4v) is 3.47. The van der Waals surface area contributed by atoms with Crippen molar-refractivity contribution in [3.05, 3.63) is 65.0 Å². The molecule has 1 nitrogen and oxygen atoms in total. The molecule has 21 heavy (non-hydrogen) atoms. The summed E-state index contributed by atoms with van der Waals surface area (Å²) in [6, 6.07) is 13.6. The molecule has 1 aliphatic rings. The van der Waals surface area contributed by atoms with Crippen LogP contribution in [0.5, 0.6) is 5.75 Å². The van der Waals surface area contributed by atoms with Gasteiger partial charge in [-0.1, -0.05) is 52.3 Å². The van der Waals surface area contributed by atoms with E-state index in [0.717, 1.165) is 18.4 Å². The molecule has 0 aliphatic heterocycles. The van der Waals surface area contributed by atoms with Crippen LogP contribution in [0.25, 0.3) is 0 Å². The zero-order valence-electron chi connectivity index (χ0n) is 11.8. The topological polar surface area (TPSA) is 9.23 Å². The fraction of sp³-hybridized carbons (Fsp3) is 0.333. The molecule has 0 amide bonds. The molecular formula is C18H18BrFO. The molecule has 2 aromatic rings. The third-order valence-corrected chi connectivity index (χ3v) is 4.72. The van der Waals surface area contributed by atoms with Crippen molar-refractivity contribution in [3.8, 4) is 5.75 Å². The number of aryl methyl sites for hydroxylation is 1. The summed E-state index contributed by atoms with van der Waals surface area (Å²) in [6.07, 6.45) is 3.42. The zero-order chi connectivity index (χ0) is 14.7. The number of rotatable bonds is 4. The van der Waals surface area contributed by atoms with Crippen molar-refractivity contribution in [3.63, 3.8) is 0 Å². The Bertz CT molecular complexity index is 626. The molecule has 0 N–H and O–H groups in total. The summed E-state index contributed by atoms with van der Waals surface area (Å²) in [5.74, 6) is 0.464. The second-order valence-electron chi connectivity index (χ2n) is 5.46. The minimum absolute atomic E-state index is 0.281. The third-order valence-electron chi connectivity index (χ3n) is 4.11. The Morgan fingerprint density at radius 3 is 2.86 bits per heavy atom. The van der Waals surface area contributed by atoms with Crippen molar-refractivity contribution in [2.45, 2.75) is 30.5 Å². The number of para-hydroxylation sites is 1. The molecule has 1 aliphatic carbocycles. The van der Waals surface area contributed by atoms with E-state index in [4.69, 9.17) is 4.74 Å². The van der Waals surface area contributed by atoms with E-state index in [1.807, 2.05) is 6.07 Å². The maximum absolute atomic E-state index is 13.9. The molecular weight excluding hydrogens is 331 g/mol. The Morgan fingerprint density at radius 1 is 1.14 bits per heavy atom. The summed E-state index contributed by atoms with van der Waals surface area (Å²) >= 11 is 3.39. The molecule has 0 heterocycles. The predicted octanol–water partition coefficient (Wildman–Crippen LogP) is 5.22. The highest BCUT2D eigenvalue weighted by Gasteiger charge is 2.21. The van der Waals surface area contributed by atoms with Gasteiger partial charge in [0.1, 0.15) is 0 Å². The monoisotopic (exact) mass is 348 g/mol. The number of halogens is 2. The highest BCUT2D eigenvalue weighted by Crippen LogP contribution is 2.33. The minimum atomic E-state index is -0.281. The van der Waals surface area contributed by atoms with Gasteiger partial charge in [-0.25, -0.2) is 4.39 Å². The zero-order valence-corrected chi connectivity index (χ0v) is 13.4. The summed E-state index contributed by atoms with van der Waals surface area (Å²) < 4.78 is 19.8. The lowest BCUT2D eigenvalue weighted by atomic mass is 9.83.